The van der Waals surface area contributed by atoms with Gasteiger partial charge in [0.1, 0.15) is 17.3 Å². The summed E-state index contributed by atoms with van der Waals surface area (Å²) in [6, 6.07) is 2.92. The molecule has 2 unspecified atom stereocenters. The summed E-state index contributed by atoms with van der Waals surface area (Å²) in [7, 11) is 1.29. The van der Waals surface area contributed by atoms with E-state index in [0.717, 1.165) is 27.4 Å². The van der Waals surface area contributed by atoms with Crippen LogP contribution >= 0.6 is 23.4 Å². The molecule has 208 valence electrons. The van der Waals surface area contributed by atoms with Crippen LogP contribution in [0.25, 0.3) is 15.8 Å². The average Bonchev–Trinajstić information content (AvgIpc) is 3.45. The van der Waals surface area contributed by atoms with Gasteiger partial charge in [0.15, 0.2) is 11.6 Å². The van der Waals surface area contributed by atoms with E-state index in [2.05, 4.69) is 10.1 Å². The molecule has 0 aliphatic carbocycles. The van der Waals surface area contributed by atoms with Gasteiger partial charge in [-0.25, -0.2) is 14.1 Å². The summed E-state index contributed by atoms with van der Waals surface area (Å²) in [5, 5.41) is 12.5. The van der Waals surface area contributed by atoms with Crippen molar-refractivity contribution in [1.82, 2.24) is 19.7 Å². The van der Waals surface area contributed by atoms with Crippen LogP contribution in [0, 0.1) is 24.1 Å². The van der Waals surface area contributed by atoms with E-state index in [1.54, 1.807) is 6.08 Å². The molecule has 15 heteroatoms. The van der Waals surface area contributed by atoms with Gasteiger partial charge < -0.3 is 9.64 Å². The summed E-state index contributed by atoms with van der Waals surface area (Å²) < 4.78 is 59.4. The largest absolute Gasteiger partial charge is 0.494 e. The van der Waals surface area contributed by atoms with Crippen molar-refractivity contribution in [1.29, 1.82) is 5.26 Å². The number of imide groups is 1. The summed E-state index contributed by atoms with van der Waals surface area (Å²) in [4.78, 5) is 34.4. The van der Waals surface area contributed by atoms with E-state index in [4.69, 9.17) is 16.3 Å². The van der Waals surface area contributed by atoms with Crippen molar-refractivity contribution in [2.24, 2.45) is 0 Å². The van der Waals surface area contributed by atoms with E-state index >= 15 is 0 Å². The van der Waals surface area contributed by atoms with E-state index in [-0.39, 0.29) is 46.0 Å². The highest BCUT2D eigenvalue weighted by Gasteiger charge is 2.50. The molecule has 0 spiro atoms. The van der Waals surface area contributed by atoms with E-state index in [1.165, 1.54) is 37.4 Å². The minimum Gasteiger partial charge on any atom is -0.494 e. The number of thioether (sulfide) groups is 1. The first-order chi connectivity index (χ1) is 18.9. The predicted molar refractivity (Wildman–Crippen MR) is 139 cm³/mol. The number of amides is 3. The lowest BCUT2D eigenvalue weighted by atomic mass is 10.0. The summed E-state index contributed by atoms with van der Waals surface area (Å²) in [5.74, 6) is -1.38. The zero-order valence-electron chi connectivity index (χ0n) is 20.9. The van der Waals surface area contributed by atoms with Gasteiger partial charge in [-0.15, -0.1) is 11.8 Å². The van der Waals surface area contributed by atoms with Crippen LogP contribution in [-0.2, 0) is 11.3 Å². The number of fused-ring (bicyclic) bond motifs is 2. The summed E-state index contributed by atoms with van der Waals surface area (Å²) in [6.07, 6.45) is -0.457. The quantitative estimate of drug-likeness (QED) is 0.356. The van der Waals surface area contributed by atoms with Crippen molar-refractivity contribution in [3.63, 3.8) is 0 Å². The van der Waals surface area contributed by atoms with Crippen LogP contribution in [0.5, 0.6) is 5.75 Å². The number of pyridine rings is 1. The number of aryl methyl sites for hydroxylation is 1. The molecule has 1 saturated heterocycles. The normalized spacial score (nSPS) is 19.2. The first-order valence-electron chi connectivity index (χ1n) is 11.8. The topological polar surface area (TPSA) is 104 Å². The Morgan fingerprint density at radius 1 is 1.25 bits per heavy atom. The van der Waals surface area contributed by atoms with Gasteiger partial charge in [0.25, 0.3) is 5.91 Å². The molecule has 0 bridgehead atoms. The van der Waals surface area contributed by atoms with Gasteiger partial charge >= 0.3 is 12.2 Å². The van der Waals surface area contributed by atoms with Gasteiger partial charge in [0.2, 0.25) is 0 Å². The first kappa shape index (κ1) is 27.7. The molecule has 2 aliphatic heterocycles. The molecule has 2 aliphatic rings. The maximum Gasteiger partial charge on any atom is 0.408 e. The predicted octanol–water partition coefficient (Wildman–Crippen LogP) is 5.31. The molecule has 0 N–H and O–H groups in total. The Hall–Kier alpha value is -3.83. The van der Waals surface area contributed by atoms with Gasteiger partial charge in [0, 0.05) is 22.7 Å². The summed E-state index contributed by atoms with van der Waals surface area (Å²) in [6.45, 7) is 0.0211. The second kappa shape index (κ2) is 10.3. The van der Waals surface area contributed by atoms with Gasteiger partial charge in [-0.2, -0.15) is 23.5 Å². The molecule has 2 aromatic heterocycles. The van der Waals surface area contributed by atoms with Gasteiger partial charge in [-0.3, -0.25) is 14.5 Å². The zero-order valence-corrected chi connectivity index (χ0v) is 22.4. The lowest BCUT2D eigenvalue weighted by Crippen LogP contribution is -2.62. The number of benzene rings is 1. The number of rotatable bonds is 6. The van der Waals surface area contributed by atoms with E-state index in [0.29, 0.717) is 10.5 Å². The monoisotopic (exact) mass is 594 g/mol. The number of carbonyl (C=O) groups is 2. The van der Waals surface area contributed by atoms with Crippen LogP contribution in [0.1, 0.15) is 17.7 Å². The molecule has 3 amide bonds. The van der Waals surface area contributed by atoms with Gasteiger partial charge in [-0.05, 0) is 25.1 Å². The molecular formula is C25H19ClF4N6O3S. The fourth-order valence-corrected chi connectivity index (χ4v) is 6.46. The summed E-state index contributed by atoms with van der Waals surface area (Å²) in [5.41, 5.74) is 0.543. The molecule has 40 heavy (non-hydrogen) atoms. The maximum atomic E-state index is 14.2. The smallest absolute Gasteiger partial charge is 0.408 e. The van der Waals surface area contributed by atoms with Crippen molar-refractivity contribution in [3.8, 4) is 11.8 Å². The number of alkyl halides is 3. The Bertz CT molecular complexity index is 1620. The Labute approximate surface area is 233 Å². The Balaban J connectivity index is 1.59. The highest BCUT2D eigenvalue weighted by atomic mass is 35.5. The van der Waals surface area contributed by atoms with Crippen molar-refractivity contribution in [3.05, 3.63) is 52.7 Å². The molecule has 9 nitrogen and oxygen atoms in total. The Morgan fingerprint density at radius 2 is 2.00 bits per heavy atom. The molecule has 4 heterocycles. The molecule has 5 rings (SSSR count). The van der Waals surface area contributed by atoms with Crippen LogP contribution in [0.15, 0.2) is 30.6 Å². The number of urea groups is 1. The third kappa shape index (κ3) is 4.73. The second-order valence-electron chi connectivity index (χ2n) is 9.00. The average molecular weight is 595 g/mol. The fraction of sp³-hybridized carbons (Fsp3) is 0.320. The number of nitrogens with zero attached hydrogens (tertiary/aromatic N) is 6. The van der Waals surface area contributed by atoms with Crippen molar-refractivity contribution in [2.75, 3.05) is 18.6 Å². The van der Waals surface area contributed by atoms with Crippen LogP contribution < -0.4 is 9.64 Å². The zero-order chi connectivity index (χ0) is 28.9. The number of anilines is 1. The van der Waals surface area contributed by atoms with E-state index < -0.39 is 41.8 Å². The fourth-order valence-electron chi connectivity index (χ4n) is 4.79. The molecule has 1 aromatic carbocycles. The number of carbonyl (C=O) groups excluding carboxylic acids is 2. The van der Waals surface area contributed by atoms with Crippen LogP contribution in [0.2, 0.25) is 5.02 Å². The van der Waals surface area contributed by atoms with Crippen molar-refractivity contribution >= 4 is 56.8 Å². The van der Waals surface area contributed by atoms with Gasteiger partial charge in [-0.1, -0.05) is 11.6 Å². The molecule has 2 atom stereocenters. The minimum atomic E-state index is -4.55. The third-order valence-electron chi connectivity index (χ3n) is 6.57. The SMILES string of the molecule is COc1cc(C2=CC3C(S2)C(=O)N(c2cncc4nn(CC(F)(F)F)c(C)c24)C(=O)N3CCC#N)c(Cl)cc1F. The highest BCUT2D eigenvalue weighted by molar-refractivity contribution is 8.09. The number of ether oxygens (including phenoxy) is 1. The van der Waals surface area contributed by atoms with Crippen molar-refractivity contribution < 1.29 is 31.9 Å². The van der Waals surface area contributed by atoms with Crippen LogP contribution in [0.3, 0.4) is 0 Å². The van der Waals surface area contributed by atoms with Crippen LogP contribution in [-0.4, -0.2) is 62.7 Å². The van der Waals surface area contributed by atoms with E-state index in [1.807, 2.05) is 6.07 Å². The molecule has 0 saturated carbocycles. The maximum absolute atomic E-state index is 14.2. The number of hydrogen-bond acceptors (Lipinski definition) is 7. The molecule has 0 radical (unpaired) electrons. The minimum absolute atomic E-state index is 0.0191. The standard InChI is InChI=1S/C25H19ClF4N6O3S/c1-12-21-16(33-35(12)11-25(28,29)30)9-32-10-18(21)36-23(37)22-17(34(24(36)38)5-3-4-31)8-20(40-22)13-6-19(39-2)15(27)7-14(13)26/h6-10,17,22H,3,5,11H2,1-2H3. The van der Waals surface area contributed by atoms with Crippen molar-refractivity contribution in [2.45, 2.75) is 37.4 Å². The Morgan fingerprint density at radius 3 is 2.67 bits per heavy atom. The lowest BCUT2D eigenvalue weighted by molar-refractivity contribution is -0.142. The Kier molecular flexibility index (Phi) is 7.13. The number of nitriles is 1. The molecular weight excluding hydrogens is 576 g/mol. The lowest BCUT2D eigenvalue weighted by Gasteiger charge is -2.41. The third-order valence-corrected chi connectivity index (χ3v) is 8.23. The molecule has 1 fully saturated rings. The number of aromatic nitrogens is 3. The number of halogens is 5. The number of methoxy groups -OCH3 is 1. The molecule has 3 aromatic rings. The van der Waals surface area contributed by atoms with Crippen LogP contribution in [0.4, 0.5) is 28.0 Å². The summed E-state index contributed by atoms with van der Waals surface area (Å²) >= 11 is 7.41. The van der Waals surface area contributed by atoms with E-state index in [9.17, 15) is 32.4 Å². The first-order valence-corrected chi connectivity index (χ1v) is 13.0. The number of hydrogen-bond donors (Lipinski definition) is 0. The highest BCUT2D eigenvalue weighted by Crippen LogP contribution is 2.48. The van der Waals surface area contributed by atoms with Gasteiger partial charge in [0.05, 0.1) is 54.1 Å². The second-order valence-corrected chi connectivity index (χ2v) is 10.6.